The number of rotatable bonds is 8. The van der Waals surface area contributed by atoms with Crippen LogP contribution in [0, 0.1) is 0 Å². The van der Waals surface area contributed by atoms with E-state index < -0.39 is 35.9 Å². The van der Waals surface area contributed by atoms with Crippen molar-refractivity contribution < 1.29 is 38.0 Å². The van der Waals surface area contributed by atoms with Crippen LogP contribution in [0.5, 0.6) is 0 Å². The summed E-state index contributed by atoms with van der Waals surface area (Å²) in [6.45, 7) is 6.23. The van der Waals surface area contributed by atoms with Gasteiger partial charge in [-0.3, -0.25) is 9.59 Å². The zero-order valence-corrected chi connectivity index (χ0v) is 15.4. The first-order chi connectivity index (χ1) is 11.2. The summed E-state index contributed by atoms with van der Waals surface area (Å²) in [5, 5.41) is 0. The van der Waals surface area contributed by atoms with Gasteiger partial charge in [-0.15, -0.1) is 0 Å². The molecule has 140 valence electrons. The predicted molar refractivity (Wildman–Crippen MR) is 83.3 cm³/mol. The topological polar surface area (TPSA) is 89.5 Å². The standard InChI is InChI=1S/C16H28O8/c1-8-11(18)13-14(12(19-5)9-22-10(2)17)24-16(4,21-7)15(3,20-6)23-13/h12-14H,8-9H2,1-7H3/t12-,13-,14-,15+,16+/m0/s1. The first-order valence-corrected chi connectivity index (χ1v) is 7.82. The highest BCUT2D eigenvalue weighted by atomic mass is 16.8. The van der Waals surface area contributed by atoms with Crippen molar-refractivity contribution in [2.75, 3.05) is 27.9 Å². The van der Waals surface area contributed by atoms with Crippen LogP contribution in [0.4, 0.5) is 0 Å². The fourth-order valence-electron chi connectivity index (χ4n) is 2.53. The van der Waals surface area contributed by atoms with Crippen molar-refractivity contribution in [3.63, 3.8) is 0 Å². The number of carbonyl (C=O) groups is 2. The maximum atomic E-state index is 12.4. The second-order valence-corrected chi connectivity index (χ2v) is 5.82. The van der Waals surface area contributed by atoms with Gasteiger partial charge in [0, 0.05) is 34.7 Å². The molecule has 0 bridgehead atoms. The Morgan fingerprint density at radius 2 is 1.62 bits per heavy atom. The van der Waals surface area contributed by atoms with Gasteiger partial charge in [-0.05, 0) is 13.8 Å². The summed E-state index contributed by atoms with van der Waals surface area (Å²) in [6, 6.07) is 0. The number of ether oxygens (including phenoxy) is 6. The molecule has 24 heavy (non-hydrogen) atoms. The van der Waals surface area contributed by atoms with E-state index in [2.05, 4.69) is 0 Å². The molecule has 1 rings (SSSR count). The second-order valence-electron chi connectivity index (χ2n) is 5.82. The average molecular weight is 348 g/mol. The molecule has 0 aromatic heterocycles. The van der Waals surface area contributed by atoms with Crippen molar-refractivity contribution >= 4 is 11.8 Å². The summed E-state index contributed by atoms with van der Waals surface area (Å²) >= 11 is 0. The van der Waals surface area contributed by atoms with Crippen molar-refractivity contribution in [1.82, 2.24) is 0 Å². The summed E-state index contributed by atoms with van der Waals surface area (Å²) < 4.78 is 33.2. The van der Waals surface area contributed by atoms with Crippen molar-refractivity contribution in [3.05, 3.63) is 0 Å². The van der Waals surface area contributed by atoms with Crippen LogP contribution in [0.25, 0.3) is 0 Å². The molecule has 0 aliphatic carbocycles. The SMILES string of the molecule is CCC(=O)[C@@H]1O[C@@](C)(OC)[C@](C)(OC)O[C@H]1[C@H](COC(C)=O)OC. The minimum Gasteiger partial charge on any atom is -0.463 e. The maximum absolute atomic E-state index is 12.4. The highest BCUT2D eigenvalue weighted by molar-refractivity contribution is 5.83. The third-order valence-corrected chi connectivity index (χ3v) is 4.40. The lowest BCUT2D eigenvalue weighted by Gasteiger charge is -2.52. The molecule has 0 aromatic carbocycles. The highest BCUT2D eigenvalue weighted by Crippen LogP contribution is 2.40. The lowest BCUT2D eigenvalue weighted by molar-refractivity contribution is -0.448. The van der Waals surface area contributed by atoms with Gasteiger partial charge >= 0.3 is 5.97 Å². The lowest BCUT2D eigenvalue weighted by atomic mass is 9.96. The Labute approximate surface area is 142 Å². The smallest absolute Gasteiger partial charge is 0.302 e. The molecular weight excluding hydrogens is 320 g/mol. The Morgan fingerprint density at radius 3 is 2.04 bits per heavy atom. The molecule has 0 spiro atoms. The van der Waals surface area contributed by atoms with Crippen LogP contribution in [0.2, 0.25) is 0 Å². The highest BCUT2D eigenvalue weighted by Gasteiger charge is 2.59. The summed E-state index contributed by atoms with van der Waals surface area (Å²) in [4.78, 5) is 23.5. The van der Waals surface area contributed by atoms with E-state index in [1.54, 1.807) is 20.8 Å². The molecule has 5 atom stereocenters. The first kappa shape index (κ1) is 21.0. The van der Waals surface area contributed by atoms with Crippen LogP contribution >= 0.6 is 0 Å². The van der Waals surface area contributed by atoms with E-state index in [0.29, 0.717) is 0 Å². The van der Waals surface area contributed by atoms with Crippen molar-refractivity contribution in [2.45, 2.75) is 64.0 Å². The van der Waals surface area contributed by atoms with Crippen molar-refractivity contribution in [3.8, 4) is 0 Å². The predicted octanol–water partition coefficient (Wildman–Crippen LogP) is 1.05. The molecule has 0 aromatic rings. The third-order valence-electron chi connectivity index (χ3n) is 4.40. The molecule has 0 amide bonds. The fraction of sp³-hybridized carbons (Fsp3) is 0.875. The zero-order chi connectivity index (χ0) is 18.5. The van der Waals surface area contributed by atoms with E-state index in [4.69, 9.17) is 28.4 Å². The largest absolute Gasteiger partial charge is 0.463 e. The quantitative estimate of drug-likeness (QED) is 0.602. The second kappa shape index (κ2) is 8.35. The van der Waals surface area contributed by atoms with Gasteiger partial charge in [-0.1, -0.05) is 6.92 Å². The van der Waals surface area contributed by atoms with E-state index in [0.717, 1.165) is 0 Å². The van der Waals surface area contributed by atoms with E-state index >= 15 is 0 Å². The van der Waals surface area contributed by atoms with E-state index in [1.165, 1.54) is 28.3 Å². The summed E-state index contributed by atoms with van der Waals surface area (Å²) in [5.74, 6) is -3.22. The Hall–Kier alpha value is -1.06. The van der Waals surface area contributed by atoms with Gasteiger partial charge < -0.3 is 28.4 Å². The van der Waals surface area contributed by atoms with Crippen LogP contribution < -0.4 is 0 Å². The van der Waals surface area contributed by atoms with Gasteiger partial charge in [0.05, 0.1) is 0 Å². The number of esters is 1. The van der Waals surface area contributed by atoms with Gasteiger partial charge in [0.15, 0.2) is 5.78 Å². The number of hydrogen-bond donors (Lipinski definition) is 0. The summed E-state index contributed by atoms with van der Waals surface area (Å²) in [6.07, 6.45) is -2.22. The normalized spacial score (nSPS) is 34.6. The Kier molecular flexibility index (Phi) is 7.30. The van der Waals surface area contributed by atoms with E-state index in [-0.39, 0.29) is 18.8 Å². The van der Waals surface area contributed by atoms with Gasteiger partial charge in [0.2, 0.25) is 11.6 Å². The number of ketones is 1. The minimum absolute atomic E-state index is 0.0726. The molecular formula is C16H28O8. The van der Waals surface area contributed by atoms with Crippen molar-refractivity contribution in [2.24, 2.45) is 0 Å². The Morgan fingerprint density at radius 1 is 1.08 bits per heavy atom. The molecule has 0 saturated carbocycles. The molecule has 8 nitrogen and oxygen atoms in total. The number of carbonyl (C=O) groups excluding carboxylic acids is 2. The monoisotopic (exact) mass is 348 g/mol. The molecule has 0 unspecified atom stereocenters. The summed E-state index contributed by atoms with van der Waals surface area (Å²) in [5.41, 5.74) is 0. The van der Waals surface area contributed by atoms with Gasteiger partial charge in [0.25, 0.3) is 0 Å². The molecule has 1 aliphatic heterocycles. The lowest BCUT2D eigenvalue weighted by Crippen LogP contribution is -2.68. The Bertz CT molecular complexity index is 453. The van der Waals surface area contributed by atoms with Crippen LogP contribution in [0.15, 0.2) is 0 Å². The van der Waals surface area contributed by atoms with E-state index in [9.17, 15) is 9.59 Å². The molecule has 1 aliphatic rings. The van der Waals surface area contributed by atoms with Crippen molar-refractivity contribution in [1.29, 1.82) is 0 Å². The number of hydrogen-bond acceptors (Lipinski definition) is 8. The van der Waals surface area contributed by atoms with Gasteiger partial charge in [-0.2, -0.15) is 0 Å². The van der Waals surface area contributed by atoms with Crippen LogP contribution in [-0.4, -0.2) is 69.6 Å². The molecule has 0 radical (unpaired) electrons. The number of methoxy groups -OCH3 is 3. The number of Topliss-reactive ketones (excluding diaryl/α,β-unsaturated/α-hetero) is 1. The first-order valence-electron chi connectivity index (χ1n) is 7.82. The molecule has 8 heteroatoms. The zero-order valence-electron chi connectivity index (χ0n) is 15.4. The third kappa shape index (κ3) is 4.12. The Balaban J connectivity index is 3.17. The van der Waals surface area contributed by atoms with Crippen LogP contribution in [-0.2, 0) is 38.0 Å². The fourth-order valence-corrected chi connectivity index (χ4v) is 2.53. The molecule has 0 N–H and O–H groups in total. The summed E-state index contributed by atoms with van der Waals surface area (Å²) in [7, 11) is 4.34. The average Bonchev–Trinajstić information content (AvgIpc) is 2.57. The van der Waals surface area contributed by atoms with Crippen LogP contribution in [0.1, 0.15) is 34.1 Å². The molecule has 1 fully saturated rings. The molecule has 1 saturated heterocycles. The van der Waals surface area contributed by atoms with Gasteiger partial charge in [-0.25, -0.2) is 0 Å². The van der Waals surface area contributed by atoms with Crippen LogP contribution in [0.3, 0.4) is 0 Å². The van der Waals surface area contributed by atoms with Gasteiger partial charge in [0.1, 0.15) is 24.9 Å². The molecule has 1 heterocycles. The van der Waals surface area contributed by atoms with E-state index in [1.807, 2.05) is 0 Å². The maximum Gasteiger partial charge on any atom is 0.302 e. The minimum atomic E-state index is -1.30.